The lowest BCUT2D eigenvalue weighted by molar-refractivity contribution is 0.0696. The molecule has 24 heavy (non-hydrogen) atoms. The van der Waals surface area contributed by atoms with Crippen molar-refractivity contribution in [3.05, 3.63) is 60.0 Å². The van der Waals surface area contributed by atoms with Crippen molar-refractivity contribution in [3.63, 3.8) is 0 Å². The number of hydrogen-bond acceptors (Lipinski definition) is 5. The molecule has 1 aromatic carbocycles. The summed E-state index contributed by atoms with van der Waals surface area (Å²) in [4.78, 5) is 10.9. The maximum Gasteiger partial charge on any atom is 0.335 e. The van der Waals surface area contributed by atoms with Crippen molar-refractivity contribution >= 4 is 21.6 Å². The van der Waals surface area contributed by atoms with Gasteiger partial charge in [-0.2, -0.15) is 0 Å². The third-order valence-electron chi connectivity index (χ3n) is 3.45. The highest BCUT2D eigenvalue weighted by atomic mass is 32.2. The number of nitrogens with zero attached hydrogens (tertiary/aromatic N) is 3. The number of nitrogens with one attached hydrogen (secondary N) is 1. The minimum Gasteiger partial charge on any atom is -0.478 e. The summed E-state index contributed by atoms with van der Waals surface area (Å²) in [5.74, 6) is -0.757. The molecule has 0 spiro atoms. The SMILES string of the molecule is C[C@H](NS(=O)(=O)c1cccc(C(=O)O)c1)c1nnc2ccccn12. The summed E-state index contributed by atoms with van der Waals surface area (Å²) in [6.45, 7) is 1.64. The minimum absolute atomic E-state index is 0.0987. The van der Waals surface area contributed by atoms with E-state index in [-0.39, 0.29) is 10.5 Å². The summed E-state index contributed by atoms with van der Waals surface area (Å²) in [7, 11) is -3.90. The fourth-order valence-electron chi connectivity index (χ4n) is 2.30. The molecule has 2 aromatic heterocycles. The van der Waals surface area contributed by atoms with E-state index in [0.29, 0.717) is 11.5 Å². The Balaban J connectivity index is 1.91. The third kappa shape index (κ3) is 2.99. The molecule has 124 valence electrons. The van der Waals surface area contributed by atoms with Gasteiger partial charge in [-0.15, -0.1) is 10.2 Å². The van der Waals surface area contributed by atoms with Gasteiger partial charge in [-0.25, -0.2) is 17.9 Å². The topological polar surface area (TPSA) is 114 Å². The number of pyridine rings is 1. The molecule has 2 N–H and O–H groups in total. The standard InChI is InChI=1S/C15H14N4O4S/c1-10(14-17-16-13-7-2-3-8-19(13)14)18-24(22,23)12-6-4-5-11(9-12)15(20)21/h2-10,18H,1H3,(H,20,21)/t10-/m0/s1. The van der Waals surface area contributed by atoms with Gasteiger partial charge in [0, 0.05) is 6.20 Å². The zero-order valence-electron chi connectivity index (χ0n) is 12.6. The predicted octanol–water partition coefficient (Wildman–Crippen LogP) is 1.47. The zero-order chi connectivity index (χ0) is 17.3. The summed E-state index contributed by atoms with van der Waals surface area (Å²) in [6, 6.07) is 9.86. The fraction of sp³-hybridized carbons (Fsp3) is 0.133. The van der Waals surface area contributed by atoms with Gasteiger partial charge >= 0.3 is 5.97 Å². The van der Waals surface area contributed by atoms with E-state index in [2.05, 4.69) is 14.9 Å². The van der Waals surface area contributed by atoms with Crippen LogP contribution in [0.3, 0.4) is 0 Å². The third-order valence-corrected chi connectivity index (χ3v) is 4.99. The Kier molecular flexibility index (Phi) is 4.04. The maximum atomic E-state index is 12.5. The van der Waals surface area contributed by atoms with Gasteiger partial charge in [0.2, 0.25) is 10.0 Å². The van der Waals surface area contributed by atoms with Gasteiger partial charge in [-0.3, -0.25) is 4.40 Å². The molecule has 0 aliphatic heterocycles. The van der Waals surface area contributed by atoms with E-state index in [1.165, 1.54) is 18.2 Å². The Morgan fingerprint density at radius 2 is 2.00 bits per heavy atom. The van der Waals surface area contributed by atoms with Gasteiger partial charge < -0.3 is 5.11 Å². The van der Waals surface area contributed by atoms with E-state index in [1.54, 1.807) is 35.7 Å². The molecule has 0 unspecified atom stereocenters. The van der Waals surface area contributed by atoms with Crippen molar-refractivity contribution in [2.45, 2.75) is 17.9 Å². The molecule has 0 aliphatic rings. The van der Waals surface area contributed by atoms with Crippen LogP contribution in [0.5, 0.6) is 0 Å². The molecule has 8 nitrogen and oxygen atoms in total. The minimum atomic E-state index is -3.90. The van der Waals surface area contributed by atoms with Crippen LogP contribution < -0.4 is 4.72 Å². The Hall–Kier alpha value is -2.78. The van der Waals surface area contributed by atoms with E-state index < -0.39 is 22.0 Å². The molecule has 0 saturated carbocycles. The van der Waals surface area contributed by atoms with Crippen LogP contribution in [-0.4, -0.2) is 34.1 Å². The van der Waals surface area contributed by atoms with Crippen molar-refractivity contribution in [2.24, 2.45) is 0 Å². The maximum absolute atomic E-state index is 12.5. The second kappa shape index (κ2) is 6.02. The van der Waals surface area contributed by atoms with Gasteiger partial charge in [0.1, 0.15) is 0 Å². The van der Waals surface area contributed by atoms with E-state index in [4.69, 9.17) is 5.11 Å². The van der Waals surface area contributed by atoms with Gasteiger partial charge in [-0.1, -0.05) is 12.1 Å². The van der Waals surface area contributed by atoms with Gasteiger partial charge in [0.25, 0.3) is 0 Å². The molecular formula is C15H14N4O4S. The molecule has 1 atom stereocenters. The lowest BCUT2D eigenvalue weighted by Crippen LogP contribution is -2.28. The van der Waals surface area contributed by atoms with E-state index in [1.807, 2.05) is 0 Å². The second-order valence-electron chi connectivity index (χ2n) is 5.16. The van der Waals surface area contributed by atoms with Crippen LogP contribution >= 0.6 is 0 Å². The smallest absolute Gasteiger partial charge is 0.335 e. The average Bonchev–Trinajstić information content (AvgIpc) is 2.98. The largest absolute Gasteiger partial charge is 0.478 e. The first-order valence-corrected chi connectivity index (χ1v) is 8.52. The molecule has 9 heteroatoms. The summed E-state index contributed by atoms with van der Waals surface area (Å²) in [5.41, 5.74) is 0.505. The molecule has 0 saturated heterocycles. The van der Waals surface area contributed by atoms with Crippen LogP contribution in [0.4, 0.5) is 0 Å². The number of fused-ring (bicyclic) bond motifs is 1. The molecule has 0 amide bonds. The number of carboxylic acid groups (broad SMARTS) is 1. The quantitative estimate of drug-likeness (QED) is 0.723. The highest BCUT2D eigenvalue weighted by molar-refractivity contribution is 7.89. The van der Waals surface area contributed by atoms with Gasteiger partial charge in [0.05, 0.1) is 16.5 Å². The Morgan fingerprint density at radius 1 is 1.21 bits per heavy atom. The van der Waals surface area contributed by atoms with Crippen LogP contribution in [0.1, 0.15) is 29.1 Å². The molecule has 0 fully saturated rings. The Labute approximate surface area is 137 Å². The molecule has 3 rings (SSSR count). The van der Waals surface area contributed by atoms with Crippen molar-refractivity contribution in [1.82, 2.24) is 19.3 Å². The number of aromatic carboxylic acids is 1. The molecule has 0 bridgehead atoms. The van der Waals surface area contributed by atoms with Crippen molar-refractivity contribution in [3.8, 4) is 0 Å². The second-order valence-corrected chi connectivity index (χ2v) is 6.88. The normalized spacial score (nSPS) is 13.0. The summed E-state index contributed by atoms with van der Waals surface area (Å²) in [5, 5.41) is 17.0. The van der Waals surface area contributed by atoms with Crippen molar-refractivity contribution < 1.29 is 18.3 Å². The van der Waals surface area contributed by atoms with Crippen LogP contribution in [-0.2, 0) is 10.0 Å². The highest BCUT2D eigenvalue weighted by Gasteiger charge is 2.22. The Morgan fingerprint density at radius 3 is 2.75 bits per heavy atom. The first-order valence-electron chi connectivity index (χ1n) is 7.04. The lowest BCUT2D eigenvalue weighted by Gasteiger charge is -2.13. The Bertz CT molecular complexity index is 1010. The first-order chi connectivity index (χ1) is 11.4. The lowest BCUT2D eigenvalue weighted by atomic mass is 10.2. The summed E-state index contributed by atoms with van der Waals surface area (Å²) in [6.07, 6.45) is 1.74. The molecule has 0 aliphatic carbocycles. The monoisotopic (exact) mass is 346 g/mol. The van der Waals surface area contributed by atoms with Crippen LogP contribution in [0.15, 0.2) is 53.6 Å². The van der Waals surface area contributed by atoms with Gasteiger partial charge in [-0.05, 0) is 37.3 Å². The summed E-state index contributed by atoms with van der Waals surface area (Å²) < 4.78 is 29.1. The number of rotatable bonds is 5. The number of carboxylic acids is 1. The number of aromatic nitrogens is 3. The van der Waals surface area contributed by atoms with Crippen molar-refractivity contribution in [2.75, 3.05) is 0 Å². The zero-order valence-corrected chi connectivity index (χ0v) is 13.4. The molecular weight excluding hydrogens is 332 g/mol. The molecule has 2 heterocycles. The molecule has 3 aromatic rings. The molecule has 0 radical (unpaired) electrons. The van der Waals surface area contributed by atoms with Crippen LogP contribution in [0, 0.1) is 0 Å². The highest BCUT2D eigenvalue weighted by Crippen LogP contribution is 2.17. The summed E-state index contributed by atoms with van der Waals surface area (Å²) >= 11 is 0. The number of hydrogen-bond donors (Lipinski definition) is 2. The van der Waals surface area contributed by atoms with E-state index in [9.17, 15) is 13.2 Å². The predicted molar refractivity (Wildman–Crippen MR) is 85.1 cm³/mol. The average molecular weight is 346 g/mol. The van der Waals surface area contributed by atoms with E-state index in [0.717, 1.165) is 6.07 Å². The number of sulfonamides is 1. The number of carbonyl (C=O) groups is 1. The van der Waals surface area contributed by atoms with Crippen LogP contribution in [0.25, 0.3) is 5.65 Å². The van der Waals surface area contributed by atoms with E-state index >= 15 is 0 Å². The fourth-order valence-corrected chi connectivity index (χ4v) is 3.55. The van der Waals surface area contributed by atoms with Crippen LogP contribution in [0.2, 0.25) is 0 Å². The first kappa shape index (κ1) is 16.1. The van der Waals surface area contributed by atoms with Gasteiger partial charge in [0.15, 0.2) is 11.5 Å². The van der Waals surface area contributed by atoms with Crippen molar-refractivity contribution in [1.29, 1.82) is 0 Å². The number of benzene rings is 1.